The first-order chi connectivity index (χ1) is 9.93. The maximum Gasteiger partial charge on any atom is 0.303 e. The van der Waals surface area contributed by atoms with E-state index in [-0.39, 0.29) is 18.7 Å². The summed E-state index contributed by atoms with van der Waals surface area (Å²) >= 11 is 0. The lowest BCUT2D eigenvalue weighted by Gasteiger charge is -2.07. The molecular formula is C16H19FN2O2. The Kier molecular flexibility index (Phi) is 4.40. The molecule has 0 aliphatic heterocycles. The van der Waals surface area contributed by atoms with Crippen LogP contribution in [-0.2, 0) is 17.8 Å². The number of benzene rings is 1. The van der Waals surface area contributed by atoms with Gasteiger partial charge in [-0.2, -0.15) is 5.10 Å². The van der Waals surface area contributed by atoms with Gasteiger partial charge in [0.2, 0.25) is 0 Å². The molecule has 1 aromatic carbocycles. The summed E-state index contributed by atoms with van der Waals surface area (Å²) in [5.41, 5.74) is 4.03. The van der Waals surface area contributed by atoms with E-state index in [1.807, 2.05) is 31.5 Å². The van der Waals surface area contributed by atoms with Gasteiger partial charge in [-0.05, 0) is 44.4 Å². The number of rotatable bonds is 5. The van der Waals surface area contributed by atoms with Crippen LogP contribution in [0.1, 0.15) is 30.3 Å². The first-order valence-electron chi connectivity index (χ1n) is 6.98. The van der Waals surface area contributed by atoms with Crippen LogP contribution in [0.2, 0.25) is 0 Å². The fourth-order valence-electron chi connectivity index (χ4n) is 2.57. The second kappa shape index (κ2) is 6.08. The molecule has 112 valence electrons. The molecule has 0 unspecified atom stereocenters. The molecule has 0 aliphatic rings. The SMILES string of the molecule is CCn1nc(C)c(-c2ccc(CCC(=O)O)c(F)c2)c1C. The number of carboxylic acid groups (broad SMARTS) is 1. The highest BCUT2D eigenvalue weighted by Gasteiger charge is 2.14. The van der Waals surface area contributed by atoms with Crippen molar-refractivity contribution in [3.8, 4) is 11.1 Å². The van der Waals surface area contributed by atoms with Crippen molar-refractivity contribution in [3.05, 3.63) is 41.0 Å². The largest absolute Gasteiger partial charge is 0.481 e. The number of halogens is 1. The van der Waals surface area contributed by atoms with Crippen LogP contribution in [0.15, 0.2) is 18.2 Å². The minimum atomic E-state index is -0.922. The number of carboxylic acids is 1. The van der Waals surface area contributed by atoms with E-state index in [4.69, 9.17) is 5.11 Å². The molecule has 0 saturated heterocycles. The molecular weight excluding hydrogens is 271 g/mol. The molecule has 0 atom stereocenters. The zero-order valence-electron chi connectivity index (χ0n) is 12.5. The number of hydrogen-bond donors (Lipinski definition) is 1. The lowest BCUT2D eigenvalue weighted by Crippen LogP contribution is -2.00. The van der Waals surface area contributed by atoms with Crippen LogP contribution in [0, 0.1) is 19.7 Å². The summed E-state index contributed by atoms with van der Waals surface area (Å²) in [6, 6.07) is 4.96. The van der Waals surface area contributed by atoms with Crippen molar-refractivity contribution >= 4 is 5.97 Å². The molecule has 0 amide bonds. The Bertz CT molecular complexity index is 677. The summed E-state index contributed by atoms with van der Waals surface area (Å²) in [7, 11) is 0. The van der Waals surface area contributed by atoms with Gasteiger partial charge in [-0.3, -0.25) is 9.48 Å². The number of nitrogens with zero attached hydrogens (tertiary/aromatic N) is 2. The van der Waals surface area contributed by atoms with E-state index in [9.17, 15) is 9.18 Å². The molecule has 0 fully saturated rings. The van der Waals surface area contributed by atoms with Crippen molar-refractivity contribution in [3.63, 3.8) is 0 Å². The zero-order valence-corrected chi connectivity index (χ0v) is 12.5. The van der Waals surface area contributed by atoms with Crippen molar-refractivity contribution in [1.82, 2.24) is 9.78 Å². The van der Waals surface area contributed by atoms with Crippen molar-refractivity contribution in [2.24, 2.45) is 0 Å². The van der Waals surface area contributed by atoms with Crippen molar-refractivity contribution < 1.29 is 14.3 Å². The molecule has 0 radical (unpaired) electrons. The summed E-state index contributed by atoms with van der Waals surface area (Å²) in [6.07, 6.45) is 0.135. The lowest BCUT2D eigenvalue weighted by atomic mass is 10.00. The van der Waals surface area contributed by atoms with E-state index < -0.39 is 5.97 Å². The van der Waals surface area contributed by atoms with E-state index in [2.05, 4.69) is 5.10 Å². The minimum absolute atomic E-state index is 0.0674. The van der Waals surface area contributed by atoms with E-state index in [0.717, 1.165) is 29.1 Å². The highest BCUT2D eigenvalue weighted by Crippen LogP contribution is 2.28. The predicted octanol–water partition coefficient (Wildman–Crippen LogP) is 3.34. The lowest BCUT2D eigenvalue weighted by molar-refractivity contribution is -0.136. The number of aryl methyl sites for hydroxylation is 3. The Morgan fingerprint density at radius 2 is 2.10 bits per heavy atom. The molecule has 2 aromatic rings. The third kappa shape index (κ3) is 3.12. The van der Waals surface area contributed by atoms with Crippen LogP contribution in [0.25, 0.3) is 11.1 Å². The Morgan fingerprint density at radius 1 is 1.38 bits per heavy atom. The molecule has 0 saturated carbocycles. The molecule has 1 heterocycles. The van der Waals surface area contributed by atoms with Gasteiger partial charge in [-0.1, -0.05) is 12.1 Å². The van der Waals surface area contributed by atoms with E-state index in [1.165, 1.54) is 6.07 Å². The number of aliphatic carboxylic acids is 1. The van der Waals surface area contributed by atoms with Gasteiger partial charge >= 0.3 is 5.97 Å². The molecule has 4 nitrogen and oxygen atoms in total. The normalized spacial score (nSPS) is 10.9. The summed E-state index contributed by atoms with van der Waals surface area (Å²) < 4.78 is 16.0. The summed E-state index contributed by atoms with van der Waals surface area (Å²) in [5, 5.41) is 13.1. The molecule has 0 bridgehead atoms. The van der Waals surface area contributed by atoms with Gasteiger partial charge in [-0.25, -0.2) is 4.39 Å². The Hall–Kier alpha value is -2.17. The molecule has 5 heteroatoms. The summed E-state index contributed by atoms with van der Waals surface area (Å²) in [4.78, 5) is 10.6. The minimum Gasteiger partial charge on any atom is -0.481 e. The van der Waals surface area contributed by atoms with Crippen molar-refractivity contribution in [2.75, 3.05) is 0 Å². The first kappa shape index (κ1) is 15.2. The third-order valence-electron chi connectivity index (χ3n) is 3.63. The van der Waals surface area contributed by atoms with Crippen molar-refractivity contribution in [2.45, 2.75) is 40.2 Å². The van der Waals surface area contributed by atoms with Gasteiger partial charge in [0, 0.05) is 24.2 Å². The molecule has 1 N–H and O–H groups in total. The molecule has 0 spiro atoms. The molecule has 1 aromatic heterocycles. The summed E-state index contributed by atoms with van der Waals surface area (Å²) in [6.45, 7) is 6.66. The van der Waals surface area contributed by atoms with E-state index in [0.29, 0.717) is 5.56 Å². The number of aromatic nitrogens is 2. The van der Waals surface area contributed by atoms with Gasteiger partial charge in [0.15, 0.2) is 0 Å². The van der Waals surface area contributed by atoms with Gasteiger partial charge in [0.1, 0.15) is 5.82 Å². The predicted molar refractivity (Wildman–Crippen MR) is 78.7 cm³/mol. The van der Waals surface area contributed by atoms with E-state index >= 15 is 0 Å². The number of hydrogen-bond acceptors (Lipinski definition) is 2. The highest BCUT2D eigenvalue weighted by molar-refractivity contribution is 5.69. The van der Waals surface area contributed by atoms with Crippen LogP contribution in [0.5, 0.6) is 0 Å². The van der Waals surface area contributed by atoms with E-state index in [1.54, 1.807) is 6.07 Å². The molecule has 2 rings (SSSR count). The van der Waals surface area contributed by atoms with Gasteiger partial charge < -0.3 is 5.11 Å². The monoisotopic (exact) mass is 290 g/mol. The summed E-state index contributed by atoms with van der Waals surface area (Å²) in [5.74, 6) is -1.29. The fraction of sp³-hybridized carbons (Fsp3) is 0.375. The van der Waals surface area contributed by atoms with Gasteiger partial charge in [-0.15, -0.1) is 0 Å². The second-order valence-corrected chi connectivity index (χ2v) is 5.06. The Morgan fingerprint density at radius 3 is 2.62 bits per heavy atom. The zero-order chi connectivity index (χ0) is 15.6. The smallest absolute Gasteiger partial charge is 0.303 e. The fourth-order valence-corrected chi connectivity index (χ4v) is 2.57. The maximum absolute atomic E-state index is 14.1. The number of carbonyl (C=O) groups is 1. The average molecular weight is 290 g/mol. The quantitative estimate of drug-likeness (QED) is 0.918. The average Bonchev–Trinajstić information content (AvgIpc) is 2.71. The van der Waals surface area contributed by atoms with Crippen LogP contribution in [0.3, 0.4) is 0 Å². The Labute approximate surface area is 123 Å². The van der Waals surface area contributed by atoms with Crippen LogP contribution >= 0.6 is 0 Å². The second-order valence-electron chi connectivity index (χ2n) is 5.06. The maximum atomic E-state index is 14.1. The van der Waals surface area contributed by atoms with Crippen molar-refractivity contribution in [1.29, 1.82) is 0 Å². The third-order valence-corrected chi connectivity index (χ3v) is 3.63. The molecule has 0 aliphatic carbocycles. The first-order valence-corrected chi connectivity index (χ1v) is 6.98. The van der Waals surface area contributed by atoms with Crippen LogP contribution in [-0.4, -0.2) is 20.9 Å². The standard InChI is InChI=1S/C16H19FN2O2/c1-4-19-11(3)16(10(2)18-19)13-6-5-12(14(17)9-13)7-8-15(20)21/h5-6,9H,4,7-8H2,1-3H3,(H,20,21). The van der Waals surface area contributed by atoms with Crippen LogP contribution in [0.4, 0.5) is 4.39 Å². The topological polar surface area (TPSA) is 55.1 Å². The van der Waals surface area contributed by atoms with Gasteiger partial charge in [0.05, 0.1) is 5.69 Å². The molecule has 21 heavy (non-hydrogen) atoms. The Balaban J connectivity index is 2.36. The van der Waals surface area contributed by atoms with Gasteiger partial charge in [0.25, 0.3) is 0 Å². The highest BCUT2D eigenvalue weighted by atomic mass is 19.1. The van der Waals surface area contributed by atoms with Crippen LogP contribution < -0.4 is 0 Å².